The van der Waals surface area contributed by atoms with Crippen molar-refractivity contribution >= 4 is 16.0 Å². The molecule has 0 aliphatic carbocycles. The Hall–Kier alpha value is 0.120. The molecule has 0 aromatic heterocycles. The summed E-state index contributed by atoms with van der Waals surface area (Å²) in [4.78, 5) is 9.36. The number of carbonyl (C=O) groups excluding carboxylic acids is 1. The van der Waals surface area contributed by atoms with Crippen LogP contribution in [0.25, 0.3) is 5.73 Å². The van der Waals surface area contributed by atoms with Crippen LogP contribution in [0.1, 0.15) is 71.1 Å². The van der Waals surface area contributed by atoms with E-state index in [1.54, 1.807) is 0 Å². The summed E-state index contributed by atoms with van der Waals surface area (Å²) in [6, 6.07) is 0. The monoisotopic (exact) mass is 343 g/mol. The van der Waals surface area contributed by atoms with Crippen molar-refractivity contribution in [1.82, 2.24) is 0 Å². The summed E-state index contributed by atoms with van der Waals surface area (Å²) in [6.45, 7) is 5.24. The van der Waals surface area contributed by atoms with Crippen LogP contribution in [0.4, 0.5) is 0 Å². The average Bonchev–Trinajstić information content (AvgIpc) is 2.40. The van der Waals surface area contributed by atoms with Gasteiger partial charge in [0.15, 0.2) is 0 Å². The first-order valence-corrected chi connectivity index (χ1v) is 9.27. The molecule has 5 nitrogen and oxygen atoms in total. The molecule has 0 saturated heterocycles. The molecule has 0 unspecified atom stereocenters. The summed E-state index contributed by atoms with van der Waals surface area (Å²) in [5.41, 5.74) is 6.07. The van der Waals surface area contributed by atoms with Crippen molar-refractivity contribution in [2.24, 2.45) is 0 Å². The smallest absolute Gasteiger partial charge is 0.664 e. The topological polar surface area (TPSA) is 95.2 Å². The number of carbonyl (C=O) groups is 1. The Morgan fingerprint density at radius 2 is 1.32 bits per heavy atom. The minimum Gasteiger partial charge on any atom is -0.664 e. The molecule has 0 saturated carbocycles. The van der Waals surface area contributed by atoms with Crippen molar-refractivity contribution in [3.63, 3.8) is 0 Å². The van der Waals surface area contributed by atoms with Crippen LogP contribution in [0.3, 0.4) is 0 Å². The molecule has 0 aliphatic heterocycles. The van der Waals surface area contributed by atoms with Crippen LogP contribution in [0.15, 0.2) is 12.7 Å². The molecule has 0 fully saturated rings. The standard InChI is InChI=1S/C12H26O3S.C3H5NO.Na/c1-2-3-4-5-6-7-8-9-10-11-12-16(13,14)15;1-2-3(4)5;/h2-12H2,1H3,(H,13,14,15);2H,1H2,(H2,4,5);/q;;+1/p-1. The molecular weight excluding hydrogens is 313 g/mol. The molecular formula is C15H30NNaO4S. The van der Waals surface area contributed by atoms with Gasteiger partial charge in [-0.15, -0.1) is 0 Å². The van der Waals surface area contributed by atoms with E-state index >= 15 is 0 Å². The van der Waals surface area contributed by atoms with E-state index in [1.165, 1.54) is 44.9 Å². The molecule has 0 aliphatic rings. The molecule has 0 heterocycles. The third kappa shape index (κ3) is 32.2. The van der Waals surface area contributed by atoms with Gasteiger partial charge in [-0.1, -0.05) is 71.3 Å². The molecule has 0 aromatic carbocycles. The Morgan fingerprint density at radius 3 is 1.59 bits per heavy atom. The number of hydrogen-bond donors (Lipinski definition) is 1. The van der Waals surface area contributed by atoms with Crippen LogP contribution < -0.4 is 29.6 Å². The van der Waals surface area contributed by atoms with E-state index in [1.807, 2.05) is 0 Å². The van der Waals surface area contributed by atoms with Gasteiger partial charge in [-0.2, -0.15) is 8.42 Å². The first kappa shape index (κ1) is 27.0. The summed E-state index contributed by atoms with van der Waals surface area (Å²) in [5.74, 6) is -0.811. The molecule has 2 N–H and O–H groups in total. The van der Waals surface area contributed by atoms with Gasteiger partial charge < -0.3 is 10.5 Å². The van der Waals surface area contributed by atoms with Gasteiger partial charge in [0.2, 0.25) is 0 Å². The third-order valence-electron chi connectivity index (χ3n) is 2.94. The van der Waals surface area contributed by atoms with Crippen molar-refractivity contribution in [2.75, 3.05) is 5.75 Å². The van der Waals surface area contributed by atoms with Crippen molar-refractivity contribution in [1.29, 1.82) is 0 Å². The van der Waals surface area contributed by atoms with Gasteiger partial charge in [-0.3, -0.25) is 4.55 Å². The van der Waals surface area contributed by atoms with Gasteiger partial charge in [0.25, 0.3) is 10.1 Å². The molecule has 22 heavy (non-hydrogen) atoms. The number of amides is 1. The van der Waals surface area contributed by atoms with Crippen molar-refractivity contribution in [2.45, 2.75) is 71.1 Å². The Kier molecular flexibility index (Phi) is 23.5. The maximum absolute atomic E-state index is 10.4. The SMILES string of the molecule is C=CC([NH-])=O.CCCCCCCCCCCCS(=O)(=O)O.[Na+]. The zero-order chi connectivity index (χ0) is 16.6. The maximum Gasteiger partial charge on any atom is 1.00 e. The Bertz CT molecular complexity index is 359. The number of nitrogens with one attached hydrogen (secondary N) is 1. The van der Waals surface area contributed by atoms with Gasteiger partial charge in [0, 0.05) is 0 Å². The quantitative estimate of drug-likeness (QED) is 0.252. The second-order valence-electron chi connectivity index (χ2n) is 5.04. The van der Waals surface area contributed by atoms with E-state index < -0.39 is 16.0 Å². The van der Waals surface area contributed by atoms with E-state index in [-0.39, 0.29) is 35.3 Å². The van der Waals surface area contributed by atoms with Gasteiger partial charge in [0.05, 0.1) is 11.7 Å². The van der Waals surface area contributed by atoms with Crippen LogP contribution in [0.2, 0.25) is 0 Å². The Balaban J connectivity index is -0.000000520. The molecule has 0 radical (unpaired) electrons. The average molecular weight is 343 g/mol. The van der Waals surface area contributed by atoms with E-state index in [2.05, 4.69) is 13.5 Å². The van der Waals surface area contributed by atoms with Crippen LogP contribution in [0.5, 0.6) is 0 Å². The van der Waals surface area contributed by atoms with Crippen molar-refractivity contribution < 1.29 is 47.3 Å². The van der Waals surface area contributed by atoms with Crippen molar-refractivity contribution in [3.8, 4) is 0 Å². The molecule has 7 heteroatoms. The summed E-state index contributed by atoms with van der Waals surface area (Å²) < 4.78 is 29.4. The van der Waals surface area contributed by atoms with Gasteiger partial charge in [0.1, 0.15) is 0 Å². The molecule has 0 spiro atoms. The third-order valence-corrected chi connectivity index (χ3v) is 3.75. The summed E-state index contributed by atoms with van der Waals surface area (Å²) in [6.07, 6.45) is 12.6. The fourth-order valence-electron chi connectivity index (χ4n) is 1.77. The van der Waals surface area contributed by atoms with E-state index in [4.69, 9.17) is 10.3 Å². The first-order valence-electron chi connectivity index (χ1n) is 7.66. The molecule has 126 valence electrons. The minimum atomic E-state index is -3.73. The van der Waals surface area contributed by atoms with E-state index in [0.29, 0.717) is 6.42 Å². The molecule has 0 bridgehead atoms. The summed E-state index contributed by atoms with van der Waals surface area (Å²) in [5, 5.41) is 0. The fourth-order valence-corrected chi connectivity index (χ4v) is 2.34. The van der Waals surface area contributed by atoms with E-state index in [9.17, 15) is 13.2 Å². The minimum absolute atomic E-state index is 0. The van der Waals surface area contributed by atoms with Crippen LogP contribution in [0, 0.1) is 0 Å². The normalized spacial score (nSPS) is 10.1. The maximum atomic E-state index is 10.4. The predicted molar refractivity (Wildman–Crippen MR) is 87.8 cm³/mol. The summed E-state index contributed by atoms with van der Waals surface area (Å²) in [7, 11) is -3.73. The number of rotatable bonds is 12. The largest absolute Gasteiger partial charge is 1.00 e. The van der Waals surface area contributed by atoms with Gasteiger partial charge in [-0.05, 0) is 12.5 Å². The number of unbranched alkanes of at least 4 members (excludes halogenated alkanes) is 9. The number of hydrogen-bond acceptors (Lipinski definition) is 3. The fraction of sp³-hybridized carbons (Fsp3) is 0.800. The van der Waals surface area contributed by atoms with Crippen LogP contribution in [-0.4, -0.2) is 24.6 Å². The second kappa shape index (κ2) is 19.2. The summed E-state index contributed by atoms with van der Waals surface area (Å²) >= 11 is 0. The predicted octanol–water partition coefficient (Wildman–Crippen LogP) is 1.55. The van der Waals surface area contributed by atoms with Crippen LogP contribution >= 0.6 is 0 Å². The zero-order valence-electron chi connectivity index (χ0n) is 14.1. The van der Waals surface area contributed by atoms with E-state index in [0.717, 1.165) is 18.9 Å². The Morgan fingerprint density at radius 1 is 1.00 bits per heavy atom. The molecule has 0 atom stereocenters. The molecule has 1 amide bonds. The van der Waals surface area contributed by atoms with Gasteiger partial charge >= 0.3 is 29.6 Å². The van der Waals surface area contributed by atoms with Gasteiger partial charge in [-0.25, -0.2) is 0 Å². The zero-order valence-corrected chi connectivity index (χ0v) is 17.0. The van der Waals surface area contributed by atoms with Crippen molar-refractivity contribution in [3.05, 3.63) is 18.4 Å². The first-order chi connectivity index (χ1) is 9.83. The Labute approximate surface area is 158 Å². The molecule has 0 aromatic rings. The van der Waals surface area contributed by atoms with Crippen LogP contribution in [-0.2, 0) is 14.9 Å². The second-order valence-corrected chi connectivity index (χ2v) is 6.61. The molecule has 0 rings (SSSR count).